The summed E-state index contributed by atoms with van der Waals surface area (Å²) >= 11 is 17.7. The number of nitrogens with zero attached hydrogens (tertiary/aromatic N) is 1. The van der Waals surface area contributed by atoms with Crippen molar-refractivity contribution in [2.24, 2.45) is 5.73 Å². The van der Waals surface area contributed by atoms with Crippen LogP contribution < -0.4 is 11.1 Å². The first-order valence-corrected chi connectivity index (χ1v) is 5.69. The van der Waals surface area contributed by atoms with Crippen molar-refractivity contribution >= 4 is 57.6 Å². The molecule has 0 aliphatic rings. The SMILES string of the molecule is Br.N#CC(NCC(=N)N)c1cc(Cl)cc(Cl)c1Cl. The first kappa shape index (κ1) is 17.5. The van der Waals surface area contributed by atoms with Crippen LogP contribution in [0, 0.1) is 16.7 Å². The van der Waals surface area contributed by atoms with Crippen LogP contribution in [0.1, 0.15) is 11.6 Å². The van der Waals surface area contributed by atoms with E-state index in [9.17, 15) is 0 Å². The fraction of sp³-hybridized carbons (Fsp3) is 0.200. The molecule has 1 rings (SSSR count). The lowest BCUT2D eigenvalue weighted by Crippen LogP contribution is -2.30. The van der Waals surface area contributed by atoms with Crippen molar-refractivity contribution in [3.05, 3.63) is 32.8 Å². The standard InChI is InChI=1S/C10H9Cl3N4.BrH/c11-5-1-6(10(13)7(12)2-5)8(3-14)17-4-9(15)16;/h1-2,8,17H,4H2,(H3,15,16);1H. The number of amidine groups is 1. The van der Waals surface area contributed by atoms with Crippen molar-refractivity contribution < 1.29 is 0 Å². The highest BCUT2D eigenvalue weighted by molar-refractivity contribution is 8.93. The molecule has 0 saturated carbocycles. The highest BCUT2D eigenvalue weighted by Gasteiger charge is 2.16. The molecule has 18 heavy (non-hydrogen) atoms. The van der Waals surface area contributed by atoms with Gasteiger partial charge in [-0.1, -0.05) is 34.8 Å². The van der Waals surface area contributed by atoms with Crippen molar-refractivity contribution in [3.63, 3.8) is 0 Å². The van der Waals surface area contributed by atoms with Gasteiger partial charge in [-0.3, -0.25) is 10.7 Å². The Morgan fingerprint density at radius 1 is 1.44 bits per heavy atom. The zero-order valence-corrected chi connectivity index (χ0v) is 13.0. The second-order valence-corrected chi connectivity index (χ2v) is 4.48. The van der Waals surface area contributed by atoms with E-state index in [4.69, 9.17) is 51.2 Å². The van der Waals surface area contributed by atoms with E-state index in [1.807, 2.05) is 6.07 Å². The number of benzene rings is 1. The summed E-state index contributed by atoms with van der Waals surface area (Å²) < 4.78 is 0. The lowest BCUT2D eigenvalue weighted by Gasteiger charge is -2.14. The summed E-state index contributed by atoms with van der Waals surface area (Å²) in [6, 6.07) is 4.33. The van der Waals surface area contributed by atoms with Crippen molar-refractivity contribution in [2.75, 3.05) is 6.54 Å². The number of hydrogen-bond donors (Lipinski definition) is 3. The van der Waals surface area contributed by atoms with Gasteiger partial charge >= 0.3 is 0 Å². The predicted molar refractivity (Wildman–Crippen MR) is 80.1 cm³/mol. The minimum Gasteiger partial charge on any atom is -0.387 e. The molecular weight excluding hydrogens is 362 g/mol. The molecule has 0 heterocycles. The number of rotatable bonds is 4. The zero-order chi connectivity index (χ0) is 13.0. The molecule has 0 radical (unpaired) electrons. The maximum absolute atomic E-state index is 9.03. The van der Waals surface area contributed by atoms with E-state index in [0.717, 1.165) is 0 Å². The molecule has 0 bridgehead atoms. The predicted octanol–water partition coefficient (Wildman–Crippen LogP) is 3.31. The molecule has 4 nitrogen and oxygen atoms in total. The molecule has 0 saturated heterocycles. The Hall–Kier alpha value is -0.510. The van der Waals surface area contributed by atoms with Gasteiger partial charge in [-0.05, 0) is 12.1 Å². The smallest absolute Gasteiger partial charge is 0.123 e. The van der Waals surface area contributed by atoms with Crippen LogP contribution in [0.4, 0.5) is 0 Å². The largest absolute Gasteiger partial charge is 0.387 e. The Labute approximate surface area is 130 Å². The van der Waals surface area contributed by atoms with Crippen LogP contribution in [0.15, 0.2) is 12.1 Å². The minimum absolute atomic E-state index is 0. The first-order valence-electron chi connectivity index (χ1n) is 4.56. The van der Waals surface area contributed by atoms with Crippen LogP contribution in [0.25, 0.3) is 0 Å². The Balaban J connectivity index is 0.00000289. The van der Waals surface area contributed by atoms with Gasteiger partial charge < -0.3 is 5.73 Å². The molecule has 1 aromatic carbocycles. The third-order valence-corrected chi connectivity index (χ3v) is 2.99. The second-order valence-electron chi connectivity index (χ2n) is 3.26. The molecule has 0 aromatic heterocycles. The summed E-state index contributed by atoms with van der Waals surface area (Å²) in [6.45, 7) is 0.0820. The van der Waals surface area contributed by atoms with Crippen LogP contribution in [-0.2, 0) is 0 Å². The van der Waals surface area contributed by atoms with Gasteiger partial charge in [0.25, 0.3) is 0 Å². The zero-order valence-electron chi connectivity index (χ0n) is 9.01. The number of nitriles is 1. The number of hydrogen-bond acceptors (Lipinski definition) is 3. The third-order valence-electron chi connectivity index (χ3n) is 1.96. The van der Waals surface area contributed by atoms with Crippen molar-refractivity contribution in [1.29, 1.82) is 10.7 Å². The third kappa shape index (κ3) is 4.63. The molecule has 1 aromatic rings. The Morgan fingerprint density at radius 2 is 2.06 bits per heavy atom. The van der Waals surface area contributed by atoms with Crippen molar-refractivity contribution in [2.45, 2.75) is 6.04 Å². The molecule has 1 atom stereocenters. The summed E-state index contributed by atoms with van der Waals surface area (Å²) in [5, 5.41) is 19.8. The molecule has 1 unspecified atom stereocenters. The highest BCUT2D eigenvalue weighted by atomic mass is 79.9. The van der Waals surface area contributed by atoms with Gasteiger partial charge in [-0.2, -0.15) is 5.26 Å². The maximum Gasteiger partial charge on any atom is 0.123 e. The topological polar surface area (TPSA) is 85.7 Å². The van der Waals surface area contributed by atoms with Crippen molar-refractivity contribution in [3.8, 4) is 6.07 Å². The molecule has 8 heteroatoms. The van der Waals surface area contributed by atoms with Gasteiger partial charge in [0.05, 0.1) is 22.7 Å². The van der Waals surface area contributed by atoms with E-state index in [-0.39, 0.29) is 39.4 Å². The molecule has 0 aliphatic heterocycles. The average Bonchev–Trinajstić information content (AvgIpc) is 2.25. The highest BCUT2D eigenvalue weighted by Crippen LogP contribution is 2.33. The summed E-state index contributed by atoms with van der Waals surface area (Å²) in [7, 11) is 0. The van der Waals surface area contributed by atoms with Crippen LogP contribution >= 0.6 is 51.8 Å². The van der Waals surface area contributed by atoms with E-state index < -0.39 is 6.04 Å². The van der Waals surface area contributed by atoms with E-state index in [1.54, 1.807) is 6.07 Å². The molecule has 0 fully saturated rings. The van der Waals surface area contributed by atoms with E-state index in [0.29, 0.717) is 10.6 Å². The monoisotopic (exact) mass is 370 g/mol. The Kier molecular flexibility index (Phi) is 7.60. The van der Waals surface area contributed by atoms with Crippen LogP contribution in [-0.4, -0.2) is 12.4 Å². The normalized spacial score (nSPS) is 11.2. The van der Waals surface area contributed by atoms with Gasteiger partial charge in [0.1, 0.15) is 11.9 Å². The fourth-order valence-electron chi connectivity index (χ4n) is 1.22. The number of nitrogens with one attached hydrogen (secondary N) is 2. The lowest BCUT2D eigenvalue weighted by molar-refractivity contribution is 0.692. The van der Waals surface area contributed by atoms with E-state index in [1.165, 1.54) is 6.07 Å². The second kappa shape index (κ2) is 7.82. The summed E-state index contributed by atoms with van der Waals surface area (Å²) in [5.74, 6) is -0.0745. The van der Waals surface area contributed by atoms with Gasteiger partial charge in [-0.15, -0.1) is 17.0 Å². The first-order chi connectivity index (χ1) is 7.95. The van der Waals surface area contributed by atoms with Gasteiger partial charge in [0.15, 0.2) is 0 Å². The number of nitrogens with two attached hydrogens (primary N) is 1. The summed E-state index contributed by atoms with van der Waals surface area (Å²) in [4.78, 5) is 0. The van der Waals surface area contributed by atoms with Crippen LogP contribution in [0.2, 0.25) is 15.1 Å². The quantitative estimate of drug-likeness (QED) is 0.431. The minimum atomic E-state index is -0.720. The molecular formula is C10H10BrCl3N4. The van der Waals surface area contributed by atoms with Gasteiger partial charge in [-0.25, -0.2) is 0 Å². The van der Waals surface area contributed by atoms with Gasteiger partial charge in [0.2, 0.25) is 0 Å². The van der Waals surface area contributed by atoms with Crippen LogP contribution in [0.5, 0.6) is 0 Å². The lowest BCUT2D eigenvalue weighted by atomic mass is 10.1. The van der Waals surface area contributed by atoms with E-state index >= 15 is 0 Å². The molecule has 0 amide bonds. The number of halogens is 4. The van der Waals surface area contributed by atoms with Crippen LogP contribution in [0.3, 0.4) is 0 Å². The van der Waals surface area contributed by atoms with E-state index in [2.05, 4.69) is 5.32 Å². The molecule has 0 aliphatic carbocycles. The Morgan fingerprint density at radius 3 is 2.56 bits per heavy atom. The molecule has 4 N–H and O–H groups in total. The molecule has 0 spiro atoms. The van der Waals surface area contributed by atoms with Crippen molar-refractivity contribution in [1.82, 2.24) is 5.32 Å². The fourth-order valence-corrected chi connectivity index (χ4v) is 1.95. The van der Waals surface area contributed by atoms with Gasteiger partial charge in [0, 0.05) is 10.6 Å². The summed E-state index contributed by atoms with van der Waals surface area (Å²) in [5.41, 5.74) is 5.66. The maximum atomic E-state index is 9.03. The molecule has 98 valence electrons. The average molecular weight is 372 g/mol. The Bertz CT molecular complexity index is 487. The summed E-state index contributed by atoms with van der Waals surface area (Å²) in [6.07, 6.45) is 0.